The topological polar surface area (TPSA) is 51.7 Å². The van der Waals surface area contributed by atoms with Gasteiger partial charge in [-0.25, -0.2) is 9.78 Å². The quantitative estimate of drug-likeness (QED) is 0.811. The highest BCUT2D eigenvalue weighted by molar-refractivity contribution is 7.17. The fourth-order valence-corrected chi connectivity index (χ4v) is 3.36. The largest absolute Gasteiger partial charge is 0.462 e. The molecule has 0 bridgehead atoms. The summed E-state index contributed by atoms with van der Waals surface area (Å²) in [6.45, 7) is 4.22. The molecule has 1 fully saturated rings. The SMILES string of the molecule is CCOC(=O)c1cnc(N2CCOC[C@@H]2c2ccccc2)s1. The third kappa shape index (κ3) is 3.13. The van der Waals surface area contributed by atoms with Crippen LogP contribution < -0.4 is 4.90 Å². The van der Waals surface area contributed by atoms with Crippen LogP contribution in [0.15, 0.2) is 36.5 Å². The third-order valence-corrected chi connectivity index (χ3v) is 4.54. The third-order valence-electron chi connectivity index (χ3n) is 3.53. The first-order chi connectivity index (χ1) is 10.8. The molecule has 0 saturated carbocycles. The molecular formula is C16H18N2O3S. The van der Waals surface area contributed by atoms with E-state index in [0.29, 0.717) is 24.7 Å². The van der Waals surface area contributed by atoms with Crippen LogP contribution in [0.25, 0.3) is 0 Å². The Balaban J connectivity index is 1.83. The van der Waals surface area contributed by atoms with Gasteiger partial charge in [0, 0.05) is 6.54 Å². The average Bonchev–Trinajstić information content (AvgIpc) is 3.06. The van der Waals surface area contributed by atoms with Gasteiger partial charge in [0.15, 0.2) is 5.13 Å². The number of benzene rings is 1. The predicted molar refractivity (Wildman–Crippen MR) is 85.4 cm³/mol. The van der Waals surface area contributed by atoms with Gasteiger partial charge in [0.25, 0.3) is 0 Å². The summed E-state index contributed by atoms with van der Waals surface area (Å²) in [7, 11) is 0. The van der Waals surface area contributed by atoms with Crippen LogP contribution in [0.3, 0.4) is 0 Å². The Bertz CT molecular complexity index is 629. The molecule has 1 aromatic carbocycles. The van der Waals surface area contributed by atoms with E-state index in [1.54, 1.807) is 13.1 Å². The van der Waals surface area contributed by atoms with Crippen molar-refractivity contribution in [3.63, 3.8) is 0 Å². The van der Waals surface area contributed by atoms with E-state index in [-0.39, 0.29) is 12.0 Å². The number of hydrogen-bond donors (Lipinski definition) is 0. The van der Waals surface area contributed by atoms with E-state index in [4.69, 9.17) is 9.47 Å². The molecule has 22 heavy (non-hydrogen) atoms. The molecule has 116 valence electrons. The lowest BCUT2D eigenvalue weighted by atomic mass is 10.1. The van der Waals surface area contributed by atoms with Crippen molar-refractivity contribution in [1.29, 1.82) is 0 Å². The van der Waals surface area contributed by atoms with Gasteiger partial charge in [-0.15, -0.1) is 0 Å². The highest BCUT2D eigenvalue weighted by Gasteiger charge is 2.27. The summed E-state index contributed by atoms with van der Waals surface area (Å²) in [4.78, 5) is 18.9. The second-order valence-electron chi connectivity index (χ2n) is 4.92. The van der Waals surface area contributed by atoms with Gasteiger partial charge < -0.3 is 14.4 Å². The highest BCUT2D eigenvalue weighted by Crippen LogP contribution is 2.32. The molecule has 3 rings (SSSR count). The van der Waals surface area contributed by atoms with Crippen LogP contribution in [-0.2, 0) is 9.47 Å². The van der Waals surface area contributed by atoms with Gasteiger partial charge in [0.1, 0.15) is 4.88 Å². The second kappa shape index (κ2) is 6.89. The standard InChI is InChI=1S/C16H18N2O3S/c1-2-21-15(19)14-10-17-16(22-14)18-8-9-20-11-13(18)12-6-4-3-5-7-12/h3-7,10,13H,2,8-9,11H2,1H3/t13-/m1/s1. The van der Waals surface area contributed by atoms with Crippen molar-refractivity contribution in [2.24, 2.45) is 0 Å². The zero-order chi connectivity index (χ0) is 15.4. The first-order valence-electron chi connectivity index (χ1n) is 7.32. The maximum atomic E-state index is 11.8. The number of ether oxygens (including phenoxy) is 2. The lowest BCUT2D eigenvalue weighted by Gasteiger charge is -2.35. The molecule has 0 N–H and O–H groups in total. The van der Waals surface area contributed by atoms with Crippen molar-refractivity contribution in [2.45, 2.75) is 13.0 Å². The minimum atomic E-state index is -0.309. The molecule has 5 nitrogen and oxygen atoms in total. The lowest BCUT2D eigenvalue weighted by molar-refractivity contribution is 0.0532. The highest BCUT2D eigenvalue weighted by atomic mass is 32.1. The lowest BCUT2D eigenvalue weighted by Crippen LogP contribution is -2.39. The van der Waals surface area contributed by atoms with Crippen LogP contribution in [0.4, 0.5) is 5.13 Å². The molecule has 6 heteroatoms. The molecule has 2 heterocycles. The minimum absolute atomic E-state index is 0.121. The summed E-state index contributed by atoms with van der Waals surface area (Å²) in [6, 6.07) is 10.3. The number of carbonyl (C=O) groups is 1. The van der Waals surface area contributed by atoms with Gasteiger partial charge in [-0.3, -0.25) is 0 Å². The molecule has 1 aliphatic heterocycles. The van der Waals surface area contributed by atoms with E-state index < -0.39 is 0 Å². The van der Waals surface area contributed by atoms with Crippen LogP contribution >= 0.6 is 11.3 Å². The second-order valence-corrected chi connectivity index (χ2v) is 5.93. The fourth-order valence-electron chi connectivity index (χ4n) is 2.48. The van der Waals surface area contributed by atoms with E-state index in [9.17, 15) is 4.79 Å². The Morgan fingerprint density at radius 2 is 2.27 bits per heavy atom. The zero-order valence-corrected chi connectivity index (χ0v) is 13.2. The van der Waals surface area contributed by atoms with E-state index in [1.807, 2.05) is 18.2 Å². The summed E-state index contributed by atoms with van der Waals surface area (Å²) in [6.07, 6.45) is 1.59. The summed E-state index contributed by atoms with van der Waals surface area (Å²) in [5.41, 5.74) is 1.19. The molecule has 0 radical (unpaired) electrons. The number of esters is 1. The molecular weight excluding hydrogens is 300 g/mol. The number of morpholine rings is 1. The Morgan fingerprint density at radius 1 is 1.45 bits per heavy atom. The van der Waals surface area contributed by atoms with Gasteiger partial charge in [-0.2, -0.15) is 0 Å². The average molecular weight is 318 g/mol. The maximum Gasteiger partial charge on any atom is 0.350 e. The fraction of sp³-hybridized carbons (Fsp3) is 0.375. The van der Waals surface area contributed by atoms with Crippen molar-refractivity contribution in [1.82, 2.24) is 4.98 Å². The van der Waals surface area contributed by atoms with Crippen molar-refractivity contribution in [2.75, 3.05) is 31.3 Å². The number of anilines is 1. The van der Waals surface area contributed by atoms with Gasteiger partial charge in [0.05, 0.1) is 32.1 Å². The van der Waals surface area contributed by atoms with E-state index in [2.05, 4.69) is 22.0 Å². The van der Waals surface area contributed by atoms with Gasteiger partial charge in [-0.1, -0.05) is 41.7 Å². The Morgan fingerprint density at radius 3 is 3.05 bits per heavy atom. The first kappa shape index (κ1) is 15.0. The Labute approximate surface area is 133 Å². The molecule has 1 aliphatic rings. The van der Waals surface area contributed by atoms with Crippen molar-refractivity contribution < 1.29 is 14.3 Å². The normalized spacial score (nSPS) is 18.2. The molecule has 0 amide bonds. The number of rotatable bonds is 4. The van der Waals surface area contributed by atoms with Crippen LogP contribution in [0.1, 0.15) is 28.2 Å². The van der Waals surface area contributed by atoms with E-state index in [0.717, 1.165) is 11.7 Å². The number of thiazole rings is 1. The van der Waals surface area contributed by atoms with Gasteiger partial charge in [0.2, 0.25) is 0 Å². The predicted octanol–water partition coefficient (Wildman–Crippen LogP) is 2.90. The first-order valence-corrected chi connectivity index (χ1v) is 8.13. The zero-order valence-electron chi connectivity index (χ0n) is 12.4. The van der Waals surface area contributed by atoms with Crippen molar-refractivity contribution in [3.8, 4) is 0 Å². The van der Waals surface area contributed by atoms with Gasteiger partial charge in [-0.05, 0) is 12.5 Å². The minimum Gasteiger partial charge on any atom is -0.462 e. The van der Waals surface area contributed by atoms with Crippen molar-refractivity contribution in [3.05, 3.63) is 47.0 Å². The Hall–Kier alpha value is -1.92. The van der Waals surface area contributed by atoms with Crippen LogP contribution in [-0.4, -0.2) is 37.3 Å². The summed E-state index contributed by atoms with van der Waals surface area (Å²) >= 11 is 1.37. The molecule has 0 aliphatic carbocycles. The molecule has 2 aromatic rings. The maximum absolute atomic E-state index is 11.8. The number of nitrogens with zero attached hydrogens (tertiary/aromatic N) is 2. The van der Waals surface area contributed by atoms with Gasteiger partial charge >= 0.3 is 5.97 Å². The van der Waals surface area contributed by atoms with Crippen LogP contribution in [0.5, 0.6) is 0 Å². The monoisotopic (exact) mass is 318 g/mol. The number of carbonyl (C=O) groups excluding carboxylic acids is 1. The Kier molecular flexibility index (Phi) is 4.70. The molecule has 1 saturated heterocycles. The van der Waals surface area contributed by atoms with E-state index in [1.165, 1.54) is 16.9 Å². The smallest absolute Gasteiger partial charge is 0.350 e. The number of aromatic nitrogens is 1. The number of hydrogen-bond acceptors (Lipinski definition) is 6. The molecule has 0 unspecified atom stereocenters. The summed E-state index contributed by atoms with van der Waals surface area (Å²) in [5, 5.41) is 0.834. The molecule has 0 spiro atoms. The molecule has 1 aromatic heterocycles. The molecule has 1 atom stereocenters. The van der Waals surface area contributed by atoms with E-state index >= 15 is 0 Å². The summed E-state index contributed by atoms with van der Waals surface area (Å²) in [5.74, 6) is -0.309. The van der Waals surface area contributed by atoms with Crippen LogP contribution in [0.2, 0.25) is 0 Å². The van der Waals surface area contributed by atoms with Crippen molar-refractivity contribution >= 4 is 22.4 Å². The van der Waals surface area contributed by atoms with Crippen LogP contribution in [0, 0.1) is 0 Å². The summed E-state index contributed by atoms with van der Waals surface area (Å²) < 4.78 is 10.7.